The normalized spacial score (nSPS) is 18.7. The third-order valence-corrected chi connectivity index (χ3v) is 4.25. The van der Waals surface area contributed by atoms with Crippen LogP contribution in [0.4, 0.5) is 4.39 Å². The van der Waals surface area contributed by atoms with Crippen LogP contribution in [-0.2, 0) is 4.79 Å². The predicted molar refractivity (Wildman–Crippen MR) is 66.0 cm³/mol. The monoisotopic (exact) mass is 254 g/mol. The summed E-state index contributed by atoms with van der Waals surface area (Å²) in [5.41, 5.74) is 10.4. The summed E-state index contributed by atoms with van der Waals surface area (Å²) in [7, 11) is 0. The molecule has 0 spiro atoms. The number of benzene rings is 1. The lowest BCUT2D eigenvalue weighted by Crippen LogP contribution is -2.56. The van der Waals surface area contributed by atoms with Gasteiger partial charge in [0.25, 0.3) is 0 Å². The zero-order chi connectivity index (χ0) is 12.5. The Morgan fingerprint density at radius 3 is 2.76 bits per heavy atom. The molecule has 1 aliphatic carbocycles. The minimum absolute atomic E-state index is 0.182. The first-order chi connectivity index (χ1) is 8.02. The summed E-state index contributed by atoms with van der Waals surface area (Å²) in [5, 5.41) is 0. The first kappa shape index (κ1) is 12.4. The van der Waals surface area contributed by atoms with Gasteiger partial charge in [0.15, 0.2) is 0 Å². The molecule has 0 aromatic heterocycles. The summed E-state index contributed by atoms with van der Waals surface area (Å²) in [4.78, 5) is 12.2. The molecule has 0 heterocycles. The second kappa shape index (κ2) is 4.66. The van der Waals surface area contributed by atoms with Crippen molar-refractivity contribution in [3.05, 3.63) is 30.1 Å². The van der Waals surface area contributed by atoms with E-state index in [-0.39, 0.29) is 11.7 Å². The number of thioether (sulfide) groups is 1. The van der Waals surface area contributed by atoms with E-state index in [9.17, 15) is 9.18 Å². The van der Waals surface area contributed by atoms with Crippen molar-refractivity contribution in [1.82, 2.24) is 0 Å². The smallest absolute Gasteiger partial charge is 0.238 e. The molecule has 0 aliphatic heterocycles. The third-order valence-electron chi connectivity index (χ3n) is 3.04. The van der Waals surface area contributed by atoms with Crippen molar-refractivity contribution >= 4 is 17.7 Å². The van der Waals surface area contributed by atoms with E-state index in [1.54, 1.807) is 12.1 Å². The topological polar surface area (TPSA) is 69.1 Å². The maximum Gasteiger partial charge on any atom is 0.238 e. The molecule has 1 amide bonds. The molecular weight excluding hydrogens is 239 g/mol. The molecule has 5 heteroatoms. The van der Waals surface area contributed by atoms with E-state index in [0.29, 0.717) is 5.75 Å². The first-order valence-corrected chi connectivity index (χ1v) is 6.48. The average molecular weight is 254 g/mol. The van der Waals surface area contributed by atoms with Crippen LogP contribution in [0.25, 0.3) is 0 Å². The largest absolute Gasteiger partial charge is 0.368 e. The summed E-state index contributed by atoms with van der Waals surface area (Å²) in [6.07, 6.45) is 1.90. The van der Waals surface area contributed by atoms with Crippen LogP contribution in [0.1, 0.15) is 12.8 Å². The third kappa shape index (κ3) is 2.79. The van der Waals surface area contributed by atoms with Crippen molar-refractivity contribution in [2.45, 2.75) is 23.3 Å². The van der Waals surface area contributed by atoms with Crippen molar-refractivity contribution in [2.75, 3.05) is 5.75 Å². The fourth-order valence-electron chi connectivity index (χ4n) is 1.75. The van der Waals surface area contributed by atoms with E-state index in [2.05, 4.69) is 0 Å². The van der Waals surface area contributed by atoms with Crippen molar-refractivity contribution in [3.8, 4) is 0 Å². The zero-order valence-corrected chi connectivity index (χ0v) is 10.2. The quantitative estimate of drug-likeness (QED) is 0.783. The SMILES string of the molecule is NC(=O)C(N)(CSc1cccc(F)c1)C1CC1. The Morgan fingerprint density at radius 1 is 1.53 bits per heavy atom. The molecule has 2 rings (SSSR count). The summed E-state index contributed by atoms with van der Waals surface area (Å²) in [6, 6.07) is 6.24. The molecule has 0 saturated heterocycles. The van der Waals surface area contributed by atoms with E-state index < -0.39 is 11.4 Å². The van der Waals surface area contributed by atoms with E-state index >= 15 is 0 Å². The van der Waals surface area contributed by atoms with Gasteiger partial charge in [-0.05, 0) is 37.0 Å². The maximum absolute atomic E-state index is 13.0. The van der Waals surface area contributed by atoms with Crippen LogP contribution < -0.4 is 11.5 Å². The van der Waals surface area contributed by atoms with Crippen LogP contribution in [0.2, 0.25) is 0 Å². The fraction of sp³-hybridized carbons (Fsp3) is 0.417. The van der Waals surface area contributed by atoms with Gasteiger partial charge in [0.05, 0.1) is 0 Å². The van der Waals surface area contributed by atoms with E-state index in [1.165, 1.54) is 23.9 Å². The highest BCUT2D eigenvalue weighted by Gasteiger charge is 2.46. The number of halogens is 1. The summed E-state index contributed by atoms with van der Waals surface area (Å²) >= 11 is 1.37. The van der Waals surface area contributed by atoms with Gasteiger partial charge in [-0.2, -0.15) is 0 Å². The first-order valence-electron chi connectivity index (χ1n) is 5.49. The molecule has 1 atom stereocenters. The van der Waals surface area contributed by atoms with Crippen LogP contribution in [0, 0.1) is 11.7 Å². The molecule has 3 nitrogen and oxygen atoms in total. The summed E-state index contributed by atoms with van der Waals surface area (Å²) < 4.78 is 13.0. The molecule has 1 fully saturated rings. The van der Waals surface area contributed by atoms with Crippen LogP contribution in [0.3, 0.4) is 0 Å². The van der Waals surface area contributed by atoms with Gasteiger partial charge in [-0.3, -0.25) is 4.79 Å². The maximum atomic E-state index is 13.0. The lowest BCUT2D eigenvalue weighted by atomic mass is 9.96. The van der Waals surface area contributed by atoms with Gasteiger partial charge < -0.3 is 11.5 Å². The van der Waals surface area contributed by atoms with Gasteiger partial charge in [-0.15, -0.1) is 11.8 Å². The number of primary amides is 1. The highest BCUT2D eigenvalue weighted by Crippen LogP contribution is 2.40. The molecule has 1 aromatic carbocycles. The van der Waals surface area contributed by atoms with E-state index in [1.807, 2.05) is 0 Å². The molecule has 0 radical (unpaired) electrons. The second-order valence-electron chi connectivity index (χ2n) is 4.42. The predicted octanol–water partition coefficient (Wildman–Crippen LogP) is 1.51. The Labute approximate surface area is 104 Å². The number of hydrogen-bond donors (Lipinski definition) is 2. The molecule has 0 bridgehead atoms. The summed E-state index contributed by atoms with van der Waals surface area (Å²) in [5.74, 6) is -0.177. The van der Waals surface area contributed by atoms with Gasteiger partial charge in [-0.1, -0.05) is 6.07 Å². The Bertz CT molecular complexity index is 436. The van der Waals surface area contributed by atoms with Gasteiger partial charge in [0, 0.05) is 10.6 Å². The Morgan fingerprint density at radius 2 is 2.24 bits per heavy atom. The lowest BCUT2D eigenvalue weighted by Gasteiger charge is -2.25. The molecule has 4 N–H and O–H groups in total. The van der Waals surface area contributed by atoms with Crippen LogP contribution in [0.15, 0.2) is 29.2 Å². The lowest BCUT2D eigenvalue weighted by molar-refractivity contribution is -0.123. The van der Waals surface area contributed by atoms with E-state index in [0.717, 1.165) is 17.7 Å². The molecule has 1 saturated carbocycles. The highest BCUT2D eigenvalue weighted by atomic mass is 32.2. The standard InChI is InChI=1S/C12H15FN2OS/c13-9-2-1-3-10(6-9)17-7-12(15,11(14)16)8-4-5-8/h1-3,6,8H,4-5,7,15H2,(H2,14,16). The van der Waals surface area contributed by atoms with Gasteiger partial charge in [0.2, 0.25) is 5.91 Å². The highest BCUT2D eigenvalue weighted by molar-refractivity contribution is 7.99. The molecule has 1 aliphatic rings. The second-order valence-corrected chi connectivity index (χ2v) is 5.47. The Balaban J connectivity index is 2.03. The number of hydrogen-bond acceptors (Lipinski definition) is 3. The van der Waals surface area contributed by atoms with Crippen molar-refractivity contribution < 1.29 is 9.18 Å². The van der Waals surface area contributed by atoms with E-state index in [4.69, 9.17) is 11.5 Å². The molecule has 17 heavy (non-hydrogen) atoms. The minimum Gasteiger partial charge on any atom is -0.368 e. The van der Waals surface area contributed by atoms with Crippen LogP contribution in [-0.4, -0.2) is 17.2 Å². The number of amides is 1. The number of carbonyl (C=O) groups is 1. The molecule has 1 aromatic rings. The van der Waals surface area contributed by atoms with Gasteiger partial charge >= 0.3 is 0 Å². The average Bonchev–Trinajstić information content (AvgIpc) is 3.09. The Kier molecular flexibility index (Phi) is 3.40. The van der Waals surface area contributed by atoms with Gasteiger partial charge in [0.1, 0.15) is 11.4 Å². The summed E-state index contributed by atoms with van der Waals surface area (Å²) in [6.45, 7) is 0. The number of rotatable bonds is 5. The van der Waals surface area contributed by atoms with Crippen LogP contribution in [0.5, 0.6) is 0 Å². The number of nitrogens with two attached hydrogens (primary N) is 2. The zero-order valence-electron chi connectivity index (χ0n) is 9.36. The molecule has 92 valence electrons. The minimum atomic E-state index is -0.961. The van der Waals surface area contributed by atoms with Crippen LogP contribution >= 0.6 is 11.8 Å². The van der Waals surface area contributed by atoms with Crippen molar-refractivity contribution in [1.29, 1.82) is 0 Å². The van der Waals surface area contributed by atoms with Crippen molar-refractivity contribution in [3.63, 3.8) is 0 Å². The Hall–Kier alpha value is -1.07. The van der Waals surface area contributed by atoms with Gasteiger partial charge in [-0.25, -0.2) is 4.39 Å². The molecular formula is C12H15FN2OS. The molecule has 1 unspecified atom stereocenters. The van der Waals surface area contributed by atoms with Crippen molar-refractivity contribution in [2.24, 2.45) is 17.4 Å². The fourth-order valence-corrected chi connectivity index (χ4v) is 2.90. The number of carbonyl (C=O) groups excluding carboxylic acids is 1.